The van der Waals surface area contributed by atoms with Gasteiger partial charge in [-0.2, -0.15) is 0 Å². The molecule has 0 heterocycles. The number of aliphatic carboxylic acids is 1. The quantitative estimate of drug-likeness (QED) is 0.492. The topological polar surface area (TPSA) is 84.9 Å². The Kier molecular flexibility index (Phi) is 6.65. The first kappa shape index (κ1) is 22.4. The number of fused-ring (bicyclic) bond motifs is 1. The minimum Gasteiger partial charge on any atom is -0.489 e. The molecular formula is C23H21ClFNO5. The number of carboxylic acid groups (broad SMARTS) is 1. The summed E-state index contributed by atoms with van der Waals surface area (Å²) in [6.45, 7) is 2.96. The van der Waals surface area contributed by atoms with Crippen molar-refractivity contribution in [2.75, 3.05) is 13.2 Å². The molecule has 0 atom stereocenters. The molecule has 0 saturated heterocycles. The first-order valence-electron chi connectivity index (χ1n) is 9.47. The molecule has 8 heteroatoms. The average molecular weight is 446 g/mol. The van der Waals surface area contributed by atoms with E-state index >= 15 is 0 Å². The lowest BCUT2D eigenvalue weighted by Gasteiger charge is -2.22. The molecule has 1 amide bonds. The van der Waals surface area contributed by atoms with Gasteiger partial charge >= 0.3 is 5.97 Å². The molecule has 0 aliphatic carbocycles. The van der Waals surface area contributed by atoms with Crippen LogP contribution in [0.15, 0.2) is 54.6 Å². The van der Waals surface area contributed by atoms with E-state index in [9.17, 15) is 19.1 Å². The summed E-state index contributed by atoms with van der Waals surface area (Å²) in [5, 5.41) is 13.5. The van der Waals surface area contributed by atoms with Gasteiger partial charge in [-0.05, 0) is 43.5 Å². The first-order chi connectivity index (χ1) is 14.7. The number of carboxylic acids is 1. The van der Waals surface area contributed by atoms with Crippen molar-refractivity contribution in [2.24, 2.45) is 0 Å². The van der Waals surface area contributed by atoms with Gasteiger partial charge in [0.1, 0.15) is 36.1 Å². The van der Waals surface area contributed by atoms with E-state index < -0.39 is 23.2 Å². The van der Waals surface area contributed by atoms with Crippen molar-refractivity contribution in [1.82, 2.24) is 5.32 Å². The number of carbonyl (C=O) groups excluding carboxylic acids is 1. The van der Waals surface area contributed by atoms with Gasteiger partial charge in [0, 0.05) is 5.39 Å². The molecule has 0 fully saturated rings. The summed E-state index contributed by atoms with van der Waals surface area (Å²) in [6.07, 6.45) is 0. The molecule has 0 radical (unpaired) electrons. The highest BCUT2D eigenvalue weighted by atomic mass is 35.5. The summed E-state index contributed by atoms with van der Waals surface area (Å²) in [5.41, 5.74) is -1.25. The Balaban J connectivity index is 1.81. The largest absolute Gasteiger partial charge is 0.489 e. The molecule has 2 N–H and O–H groups in total. The highest BCUT2D eigenvalue weighted by Crippen LogP contribution is 2.31. The zero-order valence-electron chi connectivity index (χ0n) is 16.9. The maximum Gasteiger partial charge on any atom is 0.328 e. The van der Waals surface area contributed by atoms with Crippen molar-refractivity contribution in [3.8, 4) is 11.5 Å². The fraction of sp³-hybridized carbons (Fsp3) is 0.217. The van der Waals surface area contributed by atoms with Crippen molar-refractivity contribution >= 4 is 34.2 Å². The average Bonchev–Trinajstić information content (AvgIpc) is 2.71. The zero-order valence-corrected chi connectivity index (χ0v) is 17.7. The van der Waals surface area contributed by atoms with Crippen LogP contribution in [0.2, 0.25) is 5.02 Å². The summed E-state index contributed by atoms with van der Waals surface area (Å²) < 4.78 is 24.6. The molecule has 6 nitrogen and oxygen atoms in total. The number of rotatable bonds is 8. The van der Waals surface area contributed by atoms with Crippen molar-refractivity contribution in [3.05, 3.63) is 71.0 Å². The molecule has 3 aromatic carbocycles. The first-order valence-corrected chi connectivity index (χ1v) is 9.85. The van der Waals surface area contributed by atoms with Gasteiger partial charge in [-0.25, -0.2) is 9.18 Å². The second-order valence-corrected chi connectivity index (χ2v) is 7.73. The van der Waals surface area contributed by atoms with E-state index in [1.165, 1.54) is 26.0 Å². The van der Waals surface area contributed by atoms with Crippen LogP contribution >= 0.6 is 11.6 Å². The zero-order chi connectivity index (χ0) is 22.6. The van der Waals surface area contributed by atoms with Crippen LogP contribution in [-0.4, -0.2) is 35.7 Å². The molecule has 0 saturated carbocycles. The third-order valence-electron chi connectivity index (χ3n) is 4.57. The molecule has 3 rings (SSSR count). The predicted molar refractivity (Wildman–Crippen MR) is 116 cm³/mol. The highest BCUT2D eigenvalue weighted by molar-refractivity contribution is 6.32. The Morgan fingerprint density at radius 3 is 2.48 bits per heavy atom. The van der Waals surface area contributed by atoms with Crippen molar-refractivity contribution in [3.63, 3.8) is 0 Å². The van der Waals surface area contributed by atoms with Gasteiger partial charge in [-0.3, -0.25) is 4.79 Å². The van der Waals surface area contributed by atoms with Crippen molar-refractivity contribution in [1.29, 1.82) is 0 Å². The van der Waals surface area contributed by atoms with Crippen LogP contribution in [0.25, 0.3) is 10.8 Å². The van der Waals surface area contributed by atoms with Crippen LogP contribution in [0, 0.1) is 5.82 Å². The van der Waals surface area contributed by atoms with Crippen molar-refractivity contribution in [2.45, 2.75) is 19.4 Å². The molecule has 31 heavy (non-hydrogen) atoms. The van der Waals surface area contributed by atoms with E-state index in [1.54, 1.807) is 12.1 Å². The molecule has 0 aliphatic rings. The molecule has 0 spiro atoms. The summed E-state index contributed by atoms with van der Waals surface area (Å²) in [5.74, 6) is -1.58. The molecule has 0 bridgehead atoms. The van der Waals surface area contributed by atoms with E-state index in [2.05, 4.69) is 5.32 Å². The smallest absolute Gasteiger partial charge is 0.328 e. The fourth-order valence-electron chi connectivity index (χ4n) is 2.87. The molecule has 162 valence electrons. The number of nitrogens with one attached hydrogen (secondary N) is 1. The number of carbonyl (C=O) groups is 2. The van der Waals surface area contributed by atoms with Crippen LogP contribution < -0.4 is 14.8 Å². The van der Waals surface area contributed by atoms with Gasteiger partial charge in [0.2, 0.25) is 0 Å². The van der Waals surface area contributed by atoms with E-state index in [1.807, 2.05) is 24.3 Å². The van der Waals surface area contributed by atoms with Crippen LogP contribution in [0.1, 0.15) is 24.2 Å². The Morgan fingerprint density at radius 1 is 1.06 bits per heavy atom. The third kappa shape index (κ3) is 5.24. The highest BCUT2D eigenvalue weighted by Gasteiger charge is 2.30. The molecule has 0 unspecified atom stereocenters. The lowest BCUT2D eigenvalue weighted by atomic mass is 10.0. The summed E-state index contributed by atoms with van der Waals surface area (Å²) in [4.78, 5) is 24.2. The Labute approximate surface area is 183 Å². The fourth-order valence-corrected chi connectivity index (χ4v) is 3.09. The van der Waals surface area contributed by atoms with E-state index in [0.29, 0.717) is 16.9 Å². The summed E-state index contributed by atoms with van der Waals surface area (Å²) in [6, 6.07) is 14.5. The van der Waals surface area contributed by atoms with E-state index in [0.717, 1.165) is 11.5 Å². The lowest BCUT2D eigenvalue weighted by Crippen LogP contribution is -2.49. The molecule has 0 aliphatic heterocycles. The van der Waals surface area contributed by atoms with Gasteiger partial charge in [0.05, 0.1) is 10.6 Å². The predicted octanol–water partition coefficient (Wildman–Crippen LogP) is 4.68. The van der Waals surface area contributed by atoms with E-state index in [4.69, 9.17) is 21.1 Å². The third-order valence-corrected chi connectivity index (χ3v) is 4.86. The summed E-state index contributed by atoms with van der Waals surface area (Å²) in [7, 11) is 0. The molecular weight excluding hydrogens is 425 g/mol. The maximum absolute atomic E-state index is 13.2. The van der Waals surface area contributed by atoms with Gasteiger partial charge in [-0.1, -0.05) is 41.9 Å². The van der Waals surface area contributed by atoms with E-state index in [-0.39, 0.29) is 23.8 Å². The van der Waals surface area contributed by atoms with Crippen LogP contribution in [-0.2, 0) is 4.79 Å². The molecule has 0 aromatic heterocycles. The Hall–Kier alpha value is -3.32. The van der Waals surface area contributed by atoms with Gasteiger partial charge < -0.3 is 19.9 Å². The number of halogens is 2. The second kappa shape index (κ2) is 9.22. The van der Waals surface area contributed by atoms with Crippen LogP contribution in [0.3, 0.4) is 0 Å². The van der Waals surface area contributed by atoms with Gasteiger partial charge in [0.15, 0.2) is 0 Å². The van der Waals surface area contributed by atoms with Crippen LogP contribution in [0.4, 0.5) is 4.39 Å². The maximum atomic E-state index is 13.2. The Bertz CT molecular complexity index is 1130. The monoisotopic (exact) mass is 445 g/mol. The Morgan fingerprint density at radius 2 is 1.77 bits per heavy atom. The standard InChI is InChI=1S/C23H21ClFNO5/c1-23(2,22(28)29)26-21(27)17-9-7-14-5-3-4-6-16(14)20(17)31-12-11-30-19-10-8-15(25)13-18(19)24/h3-10,13H,11-12H2,1-2H3,(H,26,27)(H,28,29). The number of ether oxygens (including phenoxy) is 2. The summed E-state index contributed by atoms with van der Waals surface area (Å²) >= 11 is 5.95. The van der Waals surface area contributed by atoms with Crippen LogP contribution in [0.5, 0.6) is 11.5 Å². The van der Waals surface area contributed by atoms with Gasteiger partial charge in [-0.15, -0.1) is 0 Å². The normalized spacial score (nSPS) is 11.2. The minimum absolute atomic E-state index is 0.0737. The van der Waals surface area contributed by atoms with Crippen molar-refractivity contribution < 1.29 is 28.6 Å². The minimum atomic E-state index is -1.46. The number of hydrogen-bond acceptors (Lipinski definition) is 4. The molecule has 3 aromatic rings. The SMILES string of the molecule is CC(C)(NC(=O)c1ccc2ccccc2c1OCCOc1ccc(F)cc1Cl)C(=O)O. The second-order valence-electron chi connectivity index (χ2n) is 7.32. The lowest BCUT2D eigenvalue weighted by molar-refractivity contribution is -0.143. The van der Waals surface area contributed by atoms with Gasteiger partial charge in [0.25, 0.3) is 5.91 Å². The number of hydrogen-bond donors (Lipinski definition) is 2. The number of amides is 1. The number of benzene rings is 3.